The minimum atomic E-state index is -3.48. The van der Waals surface area contributed by atoms with Crippen molar-refractivity contribution in [1.29, 1.82) is 0 Å². The van der Waals surface area contributed by atoms with Crippen molar-refractivity contribution in [1.82, 2.24) is 4.31 Å². The third-order valence-corrected chi connectivity index (χ3v) is 6.50. The summed E-state index contributed by atoms with van der Waals surface area (Å²) in [7, 11) is -3.48. The Kier molecular flexibility index (Phi) is 5.04. The van der Waals surface area contributed by atoms with Crippen LogP contribution in [0.3, 0.4) is 0 Å². The molecule has 0 unspecified atom stereocenters. The first-order chi connectivity index (χ1) is 11.5. The van der Waals surface area contributed by atoms with Gasteiger partial charge in [-0.15, -0.1) is 0 Å². The van der Waals surface area contributed by atoms with E-state index in [-0.39, 0.29) is 11.7 Å². The molecule has 0 aromatic heterocycles. The molecule has 1 aliphatic heterocycles. The molecule has 0 saturated carbocycles. The highest BCUT2D eigenvalue weighted by Crippen LogP contribution is 2.26. The van der Waals surface area contributed by atoms with Crippen LogP contribution in [0.4, 0.5) is 0 Å². The lowest BCUT2D eigenvalue weighted by Gasteiger charge is -2.30. The van der Waals surface area contributed by atoms with Crippen LogP contribution in [0.2, 0.25) is 5.02 Å². The number of sulfonamides is 1. The fraction of sp³-hybridized carbons (Fsp3) is 0.278. The summed E-state index contributed by atoms with van der Waals surface area (Å²) in [5.74, 6) is -0.0863. The third kappa shape index (κ3) is 3.53. The van der Waals surface area contributed by atoms with Crippen molar-refractivity contribution in [3.63, 3.8) is 0 Å². The standard InChI is InChI=1S/C18H18ClNO3S/c19-16-8-6-14(7-9-16)18(21)15-10-12-20(13-11-15)24(22,23)17-4-2-1-3-5-17/h1-9,15H,10-13H2. The summed E-state index contributed by atoms with van der Waals surface area (Å²) >= 11 is 5.84. The molecule has 1 heterocycles. The first-order valence-electron chi connectivity index (χ1n) is 7.83. The highest BCUT2D eigenvalue weighted by Gasteiger charge is 2.32. The molecule has 0 N–H and O–H groups in total. The highest BCUT2D eigenvalue weighted by molar-refractivity contribution is 7.89. The van der Waals surface area contributed by atoms with Gasteiger partial charge in [-0.3, -0.25) is 4.79 Å². The molecule has 6 heteroatoms. The van der Waals surface area contributed by atoms with Gasteiger partial charge in [-0.05, 0) is 49.2 Å². The third-order valence-electron chi connectivity index (χ3n) is 4.33. The fourth-order valence-electron chi connectivity index (χ4n) is 2.95. The number of piperidine rings is 1. The SMILES string of the molecule is O=C(c1ccc(Cl)cc1)C1CCN(S(=O)(=O)c2ccccc2)CC1. The predicted octanol–water partition coefficient (Wildman–Crippen LogP) is 3.62. The molecule has 0 bridgehead atoms. The smallest absolute Gasteiger partial charge is 0.243 e. The first kappa shape index (κ1) is 17.1. The van der Waals surface area contributed by atoms with Gasteiger partial charge in [-0.1, -0.05) is 29.8 Å². The van der Waals surface area contributed by atoms with E-state index in [9.17, 15) is 13.2 Å². The summed E-state index contributed by atoms with van der Waals surface area (Å²) in [6.45, 7) is 0.725. The Morgan fingerprint density at radius 1 is 0.958 bits per heavy atom. The summed E-state index contributed by atoms with van der Waals surface area (Å²) in [4.78, 5) is 12.8. The number of nitrogens with zero attached hydrogens (tertiary/aromatic N) is 1. The number of halogens is 1. The van der Waals surface area contributed by atoms with Crippen molar-refractivity contribution in [2.24, 2.45) is 5.92 Å². The molecule has 0 atom stereocenters. The monoisotopic (exact) mass is 363 g/mol. The number of ketones is 1. The van der Waals surface area contributed by atoms with Gasteiger partial charge in [0.1, 0.15) is 0 Å². The fourth-order valence-corrected chi connectivity index (χ4v) is 4.57. The van der Waals surface area contributed by atoms with Gasteiger partial charge in [0.25, 0.3) is 0 Å². The van der Waals surface area contributed by atoms with Gasteiger partial charge in [-0.25, -0.2) is 8.42 Å². The zero-order valence-corrected chi connectivity index (χ0v) is 14.6. The van der Waals surface area contributed by atoms with Gasteiger partial charge < -0.3 is 0 Å². The molecule has 126 valence electrons. The Morgan fingerprint density at radius 3 is 2.12 bits per heavy atom. The average molecular weight is 364 g/mol. The van der Waals surface area contributed by atoms with E-state index in [0.29, 0.717) is 41.4 Å². The summed E-state index contributed by atoms with van der Waals surface area (Å²) < 4.78 is 26.7. The lowest BCUT2D eigenvalue weighted by molar-refractivity contribution is 0.0875. The maximum atomic E-state index is 12.6. The van der Waals surface area contributed by atoms with Crippen LogP contribution in [0.5, 0.6) is 0 Å². The Hall–Kier alpha value is -1.69. The van der Waals surface area contributed by atoms with E-state index < -0.39 is 10.0 Å². The highest BCUT2D eigenvalue weighted by atomic mass is 35.5. The Balaban J connectivity index is 1.67. The summed E-state index contributed by atoms with van der Waals surface area (Å²) in [5.41, 5.74) is 0.628. The maximum absolute atomic E-state index is 12.6. The van der Waals surface area contributed by atoms with Crippen molar-refractivity contribution in [2.45, 2.75) is 17.7 Å². The summed E-state index contributed by atoms with van der Waals surface area (Å²) in [6, 6.07) is 15.2. The lowest BCUT2D eigenvalue weighted by Crippen LogP contribution is -2.40. The molecule has 1 aliphatic rings. The molecule has 3 rings (SSSR count). The van der Waals surface area contributed by atoms with Gasteiger partial charge in [-0.2, -0.15) is 4.31 Å². The first-order valence-corrected chi connectivity index (χ1v) is 9.65. The largest absolute Gasteiger partial charge is 0.294 e. The minimum absolute atomic E-state index is 0.0587. The molecular weight excluding hydrogens is 346 g/mol. The second-order valence-corrected chi connectivity index (χ2v) is 8.24. The Labute approximate surface area is 147 Å². The molecule has 0 radical (unpaired) electrons. The van der Waals surface area contributed by atoms with Crippen LogP contribution in [0.15, 0.2) is 59.5 Å². The molecule has 4 nitrogen and oxygen atoms in total. The van der Waals surface area contributed by atoms with Crippen molar-refractivity contribution in [2.75, 3.05) is 13.1 Å². The number of hydrogen-bond donors (Lipinski definition) is 0. The van der Waals surface area contributed by atoms with Crippen molar-refractivity contribution in [3.8, 4) is 0 Å². The lowest BCUT2D eigenvalue weighted by atomic mass is 9.90. The second kappa shape index (κ2) is 7.05. The zero-order chi connectivity index (χ0) is 17.2. The van der Waals surface area contributed by atoms with Crippen molar-refractivity contribution in [3.05, 3.63) is 65.2 Å². The molecule has 24 heavy (non-hydrogen) atoms. The van der Waals surface area contributed by atoms with Crippen LogP contribution >= 0.6 is 11.6 Å². The topological polar surface area (TPSA) is 54.5 Å². The molecule has 2 aromatic carbocycles. The Morgan fingerprint density at radius 2 is 1.54 bits per heavy atom. The molecule has 0 aliphatic carbocycles. The van der Waals surface area contributed by atoms with E-state index in [0.717, 1.165) is 0 Å². The summed E-state index contributed by atoms with van der Waals surface area (Å²) in [5, 5.41) is 0.593. The molecule has 0 spiro atoms. The number of carbonyl (C=O) groups excluding carboxylic acids is 1. The van der Waals surface area contributed by atoms with Crippen molar-refractivity contribution >= 4 is 27.4 Å². The number of hydrogen-bond acceptors (Lipinski definition) is 3. The number of benzene rings is 2. The number of rotatable bonds is 4. The van der Waals surface area contributed by atoms with E-state index in [1.165, 1.54) is 4.31 Å². The van der Waals surface area contributed by atoms with E-state index in [1.54, 1.807) is 54.6 Å². The van der Waals surface area contributed by atoms with Gasteiger partial charge in [0.15, 0.2) is 5.78 Å². The van der Waals surface area contributed by atoms with Gasteiger partial charge >= 0.3 is 0 Å². The molecule has 0 amide bonds. The number of Topliss-reactive ketones (excluding diaryl/α,β-unsaturated/α-hetero) is 1. The van der Waals surface area contributed by atoms with E-state index in [1.807, 2.05) is 0 Å². The predicted molar refractivity (Wildman–Crippen MR) is 93.7 cm³/mol. The average Bonchev–Trinajstić information content (AvgIpc) is 2.62. The minimum Gasteiger partial charge on any atom is -0.294 e. The van der Waals surface area contributed by atoms with Gasteiger partial charge in [0.2, 0.25) is 10.0 Å². The van der Waals surface area contributed by atoms with Gasteiger partial charge in [0.05, 0.1) is 4.90 Å². The van der Waals surface area contributed by atoms with Crippen LogP contribution in [0, 0.1) is 5.92 Å². The summed E-state index contributed by atoms with van der Waals surface area (Å²) in [6.07, 6.45) is 1.07. The van der Waals surface area contributed by atoms with Crippen LogP contribution in [0.25, 0.3) is 0 Å². The maximum Gasteiger partial charge on any atom is 0.243 e. The zero-order valence-electron chi connectivity index (χ0n) is 13.1. The van der Waals surface area contributed by atoms with Gasteiger partial charge in [0, 0.05) is 29.6 Å². The van der Waals surface area contributed by atoms with Crippen molar-refractivity contribution < 1.29 is 13.2 Å². The molecule has 1 saturated heterocycles. The van der Waals surface area contributed by atoms with Crippen LogP contribution in [-0.4, -0.2) is 31.6 Å². The van der Waals surface area contributed by atoms with Crippen LogP contribution < -0.4 is 0 Å². The van der Waals surface area contributed by atoms with E-state index in [2.05, 4.69) is 0 Å². The second-order valence-electron chi connectivity index (χ2n) is 5.86. The van der Waals surface area contributed by atoms with E-state index >= 15 is 0 Å². The molecular formula is C18H18ClNO3S. The molecule has 1 fully saturated rings. The Bertz CT molecular complexity index is 811. The van der Waals surface area contributed by atoms with Crippen LogP contribution in [0.1, 0.15) is 23.2 Å². The number of carbonyl (C=O) groups is 1. The van der Waals surface area contributed by atoms with E-state index in [4.69, 9.17) is 11.6 Å². The van der Waals surface area contributed by atoms with Crippen LogP contribution in [-0.2, 0) is 10.0 Å². The normalized spacial score (nSPS) is 16.9. The molecule has 2 aromatic rings. The quantitative estimate of drug-likeness (QED) is 0.779.